The number of halogens is 1. The lowest BCUT2D eigenvalue weighted by molar-refractivity contribution is 0.299. The van der Waals surface area contributed by atoms with Crippen molar-refractivity contribution in [1.29, 1.82) is 0 Å². The Morgan fingerprint density at radius 1 is 1.19 bits per heavy atom. The number of hydrogen-bond donors (Lipinski definition) is 0. The average molecular weight is 302 g/mol. The molecule has 0 bridgehead atoms. The Morgan fingerprint density at radius 2 is 2.05 bits per heavy atom. The number of aryl methyl sites for hydroxylation is 1. The Morgan fingerprint density at radius 3 is 2.76 bits per heavy atom. The lowest BCUT2D eigenvalue weighted by atomic mass is 10.2. The van der Waals surface area contributed by atoms with Gasteiger partial charge in [-0.1, -0.05) is 18.2 Å². The minimum absolute atomic E-state index is 0.409. The third kappa shape index (κ3) is 2.85. The zero-order chi connectivity index (χ0) is 14.7. The maximum Gasteiger partial charge on any atom is 0.138 e. The first kappa shape index (κ1) is 13.9. The van der Waals surface area contributed by atoms with Gasteiger partial charge in [0.2, 0.25) is 0 Å². The van der Waals surface area contributed by atoms with Crippen LogP contribution < -0.4 is 4.74 Å². The fourth-order valence-corrected chi connectivity index (χ4v) is 2.43. The molecule has 0 N–H and O–H groups in total. The third-order valence-corrected chi connectivity index (χ3v) is 3.62. The molecule has 108 valence electrons. The van der Waals surface area contributed by atoms with Crippen molar-refractivity contribution in [2.24, 2.45) is 0 Å². The van der Waals surface area contributed by atoms with Gasteiger partial charge in [-0.05, 0) is 25.1 Å². The number of ether oxygens (including phenoxy) is 1. The Kier molecular flexibility index (Phi) is 4.06. The molecule has 21 heavy (non-hydrogen) atoms. The van der Waals surface area contributed by atoms with Gasteiger partial charge < -0.3 is 4.74 Å². The van der Waals surface area contributed by atoms with E-state index in [4.69, 9.17) is 16.3 Å². The van der Waals surface area contributed by atoms with Gasteiger partial charge in [0.05, 0.1) is 23.3 Å². The number of para-hydroxylation sites is 1. The molecule has 2 aromatic heterocycles. The Bertz CT molecular complexity index is 737. The van der Waals surface area contributed by atoms with Crippen LogP contribution in [0.25, 0.3) is 10.9 Å². The van der Waals surface area contributed by atoms with Crippen molar-refractivity contribution < 1.29 is 4.74 Å². The molecule has 0 aliphatic heterocycles. The van der Waals surface area contributed by atoms with Crippen LogP contribution in [0.4, 0.5) is 0 Å². The minimum atomic E-state index is 0.409. The molecular formula is C16H16ClN3O. The van der Waals surface area contributed by atoms with E-state index in [1.165, 1.54) is 0 Å². The lowest BCUT2D eigenvalue weighted by Gasteiger charge is -2.04. The van der Waals surface area contributed by atoms with Crippen LogP contribution in [0.15, 0.2) is 42.6 Å². The molecule has 0 aliphatic carbocycles. The number of benzene rings is 1. The van der Waals surface area contributed by atoms with Crippen molar-refractivity contribution in [1.82, 2.24) is 14.8 Å². The quantitative estimate of drug-likeness (QED) is 0.674. The fourth-order valence-electron chi connectivity index (χ4n) is 2.27. The van der Waals surface area contributed by atoms with Crippen LogP contribution >= 0.6 is 11.6 Å². The van der Waals surface area contributed by atoms with Crippen molar-refractivity contribution >= 4 is 22.5 Å². The maximum absolute atomic E-state index is 5.78. The molecule has 0 unspecified atom stereocenters. The number of pyridine rings is 1. The predicted octanol–water partition coefficient (Wildman–Crippen LogP) is 3.77. The summed E-state index contributed by atoms with van der Waals surface area (Å²) in [7, 11) is 0. The Labute approximate surface area is 128 Å². The van der Waals surface area contributed by atoms with E-state index in [-0.39, 0.29) is 0 Å². The zero-order valence-corrected chi connectivity index (χ0v) is 12.5. The van der Waals surface area contributed by atoms with E-state index >= 15 is 0 Å². The smallest absolute Gasteiger partial charge is 0.138 e. The second-order valence-corrected chi connectivity index (χ2v) is 4.95. The SMILES string of the molecule is CCn1nc(COc2ccc(CCl)nc2)c2ccccc21. The van der Waals surface area contributed by atoms with Crippen molar-refractivity contribution in [3.8, 4) is 5.75 Å². The first-order valence-corrected chi connectivity index (χ1v) is 7.43. The van der Waals surface area contributed by atoms with Crippen LogP contribution in [0.1, 0.15) is 18.3 Å². The molecule has 3 aromatic rings. The van der Waals surface area contributed by atoms with Crippen molar-refractivity contribution in [2.45, 2.75) is 26.0 Å². The minimum Gasteiger partial charge on any atom is -0.486 e. The van der Waals surface area contributed by atoms with Gasteiger partial charge in [0, 0.05) is 11.9 Å². The van der Waals surface area contributed by atoms with E-state index in [1.54, 1.807) is 6.20 Å². The molecule has 2 heterocycles. The largest absolute Gasteiger partial charge is 0.486 e. The summed E-state index contributed by atoms with van der Waals surface area (Å²) in [5.74, 6) is 1.13. The molecule has 0 radical (unpaired) electrons. The van der Waals surface area contributed by atoms with Gasteiger partial charge in [-0.3, -0.25) is 9.67 Å². The topological polar surface area (TPSA) is 39.9 Å². The summed E-state index contributed by atoms with van der Waals surface area (Å²) in [6.07, 6.45) is 1.69. The average Bonchev–Trinajstić information content (AvgIpc) is 2.91. The predicted molar refractivity (Wildman–Crippen MR) is 83.5 cm³/mol. The van der Waals surface area contributed by atoms with E-state index in [9.17, 15) is 0 Å². The van der Waals surface area contributed by atoms with Crippen LogP contribution in [0, 0.1) is 0 Å². The highest BCUT2D eigenvalue weighted by molar-refractivity contribution is 6.16. The monoisotopic (exact) mass is 301 g/mol. The van der Waals surface area contributed by atoms with Crippen LogP contribution in [-0.4, -0.2) is 14.8 Å². The molecule has 0 amide bonds. The zero-order valence-electron chi connectivity index (χ0n) is 11.8. The number of fused-ring (bicyclic) bond motifs is 1. The summed E-state index contributed by atoms with van der Waals surface area (Å²) in [5.41, 5.74) is 2.91. The van der Waals surface area contributed by atoms with Crippen molar-refractivity contribution in [3.63, 3.8) is 0 Å². The third-order valence-electron chi connectivity index (χ3n) is 3.34. The van der Waals surface area contributed by atoms with Gasteiger partial charge in [0.1, 0.15) is 18.1 Å². The van der Waals surface area contributed by atoms with Crippen LogP contribution in [0.2, 0.25) is 0 Å². The molecule has 0 spiro atoms. The molecule has 1 aromatic carbocycles. The van der Waals surface area contributed by atoms with Crippen LogP contribution in [-0.2, 0) is 19.0 Å². The molecule has 0 atom stereocenters. The van der Waals surface area contributed by atoms with E-state index in [2.05, 4.69) is 29.1 Å². The molecule has 0 saturated heterocycles. The van der Waals surface area contributed by atoms with Crippen molar-refractivity contribution in [2.75, 3.05) is 0 Å². The number of aromatic nitrogens is 3. The first-order chi connectivity index (χ1) is 10.3. The first-order valence-electron chi connectivity index (χ1n) is 6.90. The van der Waals surface area contributed by atoms with E-state index in [0.717, 1.165) is 34.6 Å². The maximum atomic E-state index is 5.78. The highest BCUT2D eigenvalue weighted by atomic mass is 35.5. The van der Waals surface area contributed by atoms with E-state index in [0.29, 0.717) is 12.5 Å². The second kappa shape index (κ2) is 6.14. The van der Waals surface area contributed by atoms with Crippen LogP contribution in [0.3, 0.4) is 0 Å². The Balaban J connectivity index is 1.81. The van der Waals surface area contributed by atoms with Gasteiger partial charge in [0.25, 0.3) is 0 Å². The van der Waals surface area contributed by atoms with Gasteiger partial charge >= 0.3 is 0 Å². The van der Waals surface area contributed by atoms with Gasteiger partial charge in [-0.15, -0.1) is 11.6 Å². The van der Waals surface area contributed by atoms with Gasteiger partial charge in [-0.25, -0.2) is 0 Å². The van der Waals surface area contributed by atoms with E-state index in [1.807, 2.05) is 28.9 Å². The molecule has 0 saturated carbocycles. The summed E-state index contributed by atoms with van der Waals surface area (Å²) < 4.78 is 7.77. The molecular weight excluding hydrogens is 286 g/mol. The van der Waals surface area contributed by atoms with Gasteiger partial charge in [-0.2, -0.15) is 5.10 Å². The number of alkyl halides is 1. The van der Waals surface area contributed by atoms with Gasteiger partial charge in [0.15, 0.2) is 0 Å². The summed E-state index contributed by atoms with van der Waals surface area (Å²) in [6.45, 7) is 3.35. The molecule has 3 rings (SSSR count). The molecule has 4 nitrogen and oxygen atoms in total. The standard InChI is InChI=1S/C16H16ClN3O/c1-2-20-16-6-4-3-5-14(16)15(19-20)11-21-13-8-7-12(9-17)18-10-13/h3-8,10H,2,9,11H2,1H3. The number of hydrogen-bond acceptors (Lipinski definition) is 3. The molecule has 5 heteroatoms. The second-order valence-electron chi connectivity index (χ2n) is 4.69. The van der Waals surface area contributed by atoms with E-state index < -0.39 is 0 Å². The van der Waals surface area contributed by atoms with Crippen LogP contribution in [0.5, 0.6) is 5.75 Å². The molecule has 0 fully saturated rings. The number of rotatable bonds is 5. The summed E-state index contributed by atoms with van der Waals surface area (Å²) in [6, 6.07) is 11.9. The highest BCUT2D eigenvalue weighted by Crippen LogP contribution is 2.20. The Hall–Kier alpha value is -2.07. The van der Waals surface area contributed by atoms with Crippen molar-refractivity contribution in [3.05, 3.63) is 54.0 Å². The summed E-state index contributed by atoms with van der Waals surface area (Å²) in [5, 5.41) is 5.74. The molecule has 0 aliphatic rings. The summed E-state index contributed by atoms with van der Waals surface area (Å²) >= 11 is 5.72. The lowest BCUT2D eigenvalue weighted by Crippen LogP contribution is -2.00. The summed E-state index contributed by atoms with van der Waals surface area (Å²) in [4.78, 5) is 4.21. The highest BCUT2D eigenvalue weighted by Gasteiger charge is 2.09. The normalized spacial score (nSPS) is 11.0. The fraction of sp³-hybridized carbons (Fsp3) is 0.250. The number of nitrogens with zero attached hydrogens (tertiary/aromatic N) is 3.